The molecule has 0 unspecified atom stereocenters. The number of amidine groups is 1. The predicted molar refractivity (Wildman–Crippen MR) is 72.5 cm³/mol. The molecule has 0 saturated heterocycles. The lowest BCUT2D eigenvalue weighted by Crippen LogP contribution is -2.13. The van der Waals surface area contributed by atoms with Gasteiger partial charge in [-0.05, 0) is 23.8 Å². The van der Waals surface area contributed by atoms with Crippen LogP contribution in [0.25, 0.3) is 0 Å². The summed E-state index contributed by atoms with van der Waals surface area (Å²) in [7, 11) is 0. The Morgan fingerprint density at radius 3 is 2.58 bits per heavy atom. The molecule has 0 bridgehead atoms. The van der Waals surface area contributed by atoms with Crippen LogP contribution in [0, 0.1) is 0 Å². The third kappa shape index (κ3) is 3.59. The van der Waals surface area contributed by atoms with Gasteiger partial charge in [-0.1, -0.05) is 28.9 Å². The second-order valence-electron chi connectivity index (χ2n) is 3.79. The van der Waals surface area contributed by atoms with E-state index in [2.05, 4.69) is 10.1 Å². The molecular formula is C13H12ClN3O2. The molecule has 0 aliphatic carbocycles. The maximum atomic E-state index is 8.53. The first kappa shape index (κ1) is 13.2. The monoisotopic (exact) mass is 277 g/mol. The summed E-state index contributed by atoms with van der Waals surface area (Å²) in [6, 6.07) is 10.7. The minimum atomic E-state index is 0.0109. The number of nitrogens with two attached hydrogens (primary N) is 1. The molecule has 2 rings (SSSR count). The van der Waals surface area contributed by atoms with E-state index < -0.39 is 0 Å². The molecule has 1 heterocycles. The van der Waals surface area contributed by atoms with Gasteiger partial charge in [-0.15, -0.1) is 0 Å². The molecule has 6 heteroatoms. The van der Waals surface area contributed by atoms with E-state index in [-0.39, 0.29) is 5.84 Å². The van der Waals surface area contributed by atoms with Gasteiger partial charge in [0.25, 0.3) is 0 Å². The van der Waals surface area contributed by atoms with Crippen LogP contribution in [0.3, 0.4) is 0 Å². The highest BCUT2D eigenvalue weighted by Gasteiger charge is 2.01. The van der Waals surface area contributed by atoms with Crippen molar-refractivity contribution >= 4 is 17.4 Å². The van der Waals surface area contributed by atoms with Crippen LogP contribution in [-0.2, 0) is 6.61 Å². The van der Waals surface area contributed by atoms with E-state index in [1.165, 1.54) is 6.20 Å². The molecule has 0 saturated carbocycles. The van der Waals surface area contributed by atoms with E-state index in [9.17, 15) is 0 Å². The summed E-state index contributed by atoms with van der Waals surface area (Å²) in [5.74, 6) is 0.473. The number of halogens is 1. The van der Waals surface area contributed by atoms with Gasteiger partial charge in [0.15, 0.2) is 5.84 Å². The van der Waals surface area contributed by atoms with E-state index in [1.807, 2.05) is 12.1 Å². The zero-order valence-electron chi connectivity index (χ0n) is 9.95. The summed E-state index contributed by atoms with van der Waals surface area (Å²) in [5.41, 5.74) is 6.95. The zero-order valence-corrected chi connectivity index (χ0v) is 10.7. The third-order valence-corrected chi connectivity index (χ3v) is 2.69. The quantitative estimate of drug-likeness (QED) is 0.389. The van der Waals surface area contributed by atoms with Crippen LogP contribution in [0.15, 0.2) is 47.8 Å². The molecule has 1 aromatic carbocycles. The first-order chi connectivity index (χ1) is 9.19. The molecule has 5 nitrogen and oxygen atoms in total. The van der Waals surface area contributed by atoms with Crippen molar-refractivity contribution in [1.29, 1.82) is 0 Å². The fraction of sp³-hybridized carbons (Fsp3) is 0.0769. The van der Waals surface area contributed by atoms with E-state index >= 15 is 0 Å². The van der Waals surface area contributed by atoms with E-state index in [0.717, 1.165) is 5.56 Å². The highest BCUT2D eigenvalue weighted by Crippen LogP contribution is 2.13. The summed E-state index contributed by atoms with van der Waals surface area (Å²) in [6.07, 6.45) is 1.48. The van der Waals surface area contributed by atoms with Gasteiger partial charge in [-0.25, -0.2) is 4.98 Å². The highest BCUT2D eigenvalue weighted by atomic mass is 35.5. The Balaban J connectivity index is 1.98. The molecule has 0 aliphatic heterocycles. The summed E-state index contributed by atoms with van der Waals surface area (Å²) >= 11 is 5.79. The van der Waals surface area contributed by atoms with Crippen LogP contribution < -0.4 is 10.5 Å². The molecule has 1 aromatic heterocycles. The zero-order chi connectivity index (χ0) is 13.7. The number of rotatable bonds is 4. The van der Waals surface area contributed by atoms with Gasteiger partial charge in [-0.2, -0.15) is 0 Å². The minimum absolute atomic E-state index is 0.0109. The van der Waals surface area contributed by atoms with Gasteiger partial charge in [0, 0.05) is 22.8 Å². The van der Waals surface area contributed by atoms with Gasteiger partial charge in [0.1, 0.15) is 6.61 Å². The van der Waals surface area contributed by atoms with Gasteiger partial charge in [0.05, 0.1) is 0 Å². The van der Waals surface area contributed by atoms with Crippen molar-refractivity contribution in [3.63, 3.8) is 0 Å². The molecule has 0 aliphatic rings. The Hall–Kier alpha value is -2.27. The van der Waals surface area contributed by atoms with Gasteiger partial charge in [0.2, 0.25) is 5.88 Å². The minimum Gasteiger partial charge on any atom is -0.473 e. The van der Waals surface area contributed by atoms with Crippen LogP contribution in [0.2, 0.25) is 5.02 Å². The highest BCUT2D eigenvalue weighted by molar-refractivity contribution is 6.30. The predicted octanol–water partition coefficient (Wildman–Crippen LogP) is 2.41. The SMILES string of the molecule is NC(=NO)c1ccc(OCc2ccc(Cl)cc2)nc1. The molecule has 2 aromatic rings. The van der Waals surface area contributed by atoms with Crippen molar-refractivity contribution in [2.75, 3.05) is 0 Å². The standard InChI is InChI=1S/C13H12ClN3O2/c14-11-4-1-9(2-5-11)8-19-12-6-3-10(7-16-12)13(15)17-18/h1-7,18H,8H2,(H2,15,17). The second-order valence-corrected chi connectivity index (χ2v) is 4.22. The Kier molecular flexibility index (Phi) is 4.20. The van der Waals surface area contributed by atoms with E-state index in [0.29, 0.717) is 23.1 Å². The van der Waals surface area contributed by atoms with Crippen LogP contribution in [0.5, 0.6) is 5.88 Å². The Morgan fingerprint density at radius 1 is 1.26 bits per heavy atom. The smallest absolute Gasteiger partial charge is 0.213 e. The molecule has 0 spiro atoms. The van der Waals surface area contributed by atoms with Crippen molar-refractivity contribution < 1.29 is 9.94 Å². The average molecular weight is 278 g/mol. The lowest BCUT2D eigenvalue weighted by Gasteiger charge is -2.06. The fourth-order valence-corrected chi connectivity index (χ4v) is 1.54. The Morgan fingerprint density at radius 2 is 2.00 bits per heavy atom. The van der Waals surface area contributed by atoms with Crippen LogP contribution in [-0.4, -0.2) is 16.0 Å². The van der Waals surface area contributed by atoms with Crippen LogP contribution in [0.1, 0.15) is 11.1 Å². The Bertz CT molecular complexity index is 567. The normalized spacial score (nSPS) is 11.3. The first-order valence-electron chi connectivity index (χ1n) is 5.50. The Labute approximate surface area is 115 Å². The maximum Gasteiger partial charge on any atom is 0.213 e. The van der Waals surface area contributed by atoms with E-state index in [1.54, 1.807) is 24.3 Å². The van der Waals surface area contributed by atoms with Gasteiger partial charge < -0.3 is 15.7 Å². The number of oxime groups is 1. The second kappa shape index (κ2) is 6.06. The van der Waals surface area contributed by atoms with E-state index in [4.69, 9.17) is 27.3 Å². The van der Waals surface area contributed by atoms with Crippen LogP contribution in [0.4, 0.5) is 0 Å². The number of nitrogens with zero attached hydrogens (tertiary/aromatic N) is 2. The lowest BCUT2D eigenvalue weighted by molar-refractivity contribution is 0.294. The number of aromatic nitrogens is 1. The van der Waals surface area contributed by atoms with Crippen molar-refractivity contribution in [2.45, 2.75) is 6.61 Å². The summed E-state index contributed by atoms with van der Waals surface area (Å²) in [4.78, 5) is 4.06. The molecule has 0 atom stereocenters. The number of ether oxygens (including phenoxy) is 1. The van der Waals surface area contributed by atoms with Gasteiger partial charge in [-0.3, -0.25) is 0 Å². The number of hydrogen-bond acceptors (Lipinski definition) is 4. The van der Waals surface area contributed by atoms with Crippen molar-refractivity contribution in [2.24, 2.45) is 10.9 Å². The van der Waals surface area contributed by atoms with Gasteiger partial charge >= 0.3 is 0 Å². The molecule has 19 heavy (non-hydrogen) atoms. The van der Waals surface area contributed by atoms with Crippen LogP contribution >= 0.6 is 11.6 Å². The molecule has 0 fully saturated rings. The summed E-state index contributed by atoms with van der Waals surface area (Å²) < 4.78 is 5.50. The number of pyridine rings is 1. The fourth-order valence-electron chi connectivity index (χ4n) is 1.41. The first-order valence-corrected chi connectivity index (χ1v) is 5.88. The molecular weight excluding hydrogens is 266 g/mol. The molecule has 0 amide bonds. The van der Waals surface area contributed by atoms with Crippen molar-refractivity contribution in [1.82, 2.24) is 4.98 Å². The molecule has 3 N–H and O–H groups in total. The summed E-state index contributed by atoms with van der Waals surface area (Å²) in [5, 5.41) is 12.1. The number of benzene rings is 1. The maximum absolute atomic E-state index is 8.53. The van der Waals surface area contributed by atoms with Crippen molar-refractivity contribution in [3.8, 4) is 5.88 Å². The third-order valence-electron chi connectivity index (χ3n) is 2.44. The number of hydrogen-bond donors (Lipinski definition) is 2. The average Bonchev–Trinajstić information content (AvgIpc) is 2.46. The topological polar surface area (TPSA) is 80.7 Å². The molecule has 0 radical (unpaired) electrons. The molecule has 98 valence electrons. The lowest BCUT2D eigenvalue weighted by atomic mass is 10.2. The van der Waals surface area contributed by atoms with Crippen molar-refractivity contribution in [3.05, 3.63) is 58.7 Å². The summed E-state index contributed by atoms with van der Waals surface area (Å²) in [6.45, 7) is 0.396. The largest absolute Gasteiger partial charge is 0.473 e.